The Balaban J connectivity index is 3.46. The first kappa shape index (κ1) is 7.08. The third-order valence-corrected chi connectivity index (χ3v) is 1.30. The molecule has 10 heavy (non-hydrogen) atoms. The number of H-pyrrole nitrogens is 1. The van der Waals surface area contributed by atoms with Gasteiger partial charge in [-0.25, -0.2) is 9.36 Å². The first-order valence-electron chi connectivity index (χ1n) is 2.60. The van der Waals surface area contributed by atoms with Gasteiger partial charge in [0.2, 0.25) is 0 Å². The summed E-state index contributed by atoms with van der Waals surface area (Å²) < 4.78 is 0.890. The zero-order valence-electron chi connectivity index (χ0n) is 5.00. The highest BCUT2D eigenvalue weighted by molar-refractivity contribution is 6.15. The maximum Gasteiger partial charge on any atom is 0.329 e. The molecule has 0 amide bonds. The van der Waals surface area contributed by atoms with Crippen LogP contribution in [0.25, 0.3) is 0 Å². The minimum absolute atomic E-state index is 0.116. The van der Waals surface area contributed by atoms with Crippen molar-refractivity contribution >= 4 is 11.6 Å². The maximum absolute atomic E-state index is 10.7. The van der Waals surface area contributed by atoms with Gasteiger partial charge in [0.15, 0.2) is 0 Å². The van der Waals surface area contributed by atoms with Crippen LogP contribution in [0.4, 0.5) is 0 Å². The van der Waals surface area contributed by atoms with Crippen molar-refractivity contribution in [1.82, 2.24) is 9.55 Å². The molecule has 4 nitrogen and oxygen atoms in total. The van der Waals surface area contributed by atoms with E-state index in [0.717, 1.165) is 4.57 Å². The van der Waals surface area contributed by atoms with Crippen LogP contribution in [0.5, 0.6) is 0 Å². The molecule has 5 heteroatoms. The Kier molecular flexibility index (Phi) is 1.91. The van der Waals surface area contributed by atoms with Crippen LogP contribution < -0.4 is 11.2 Å². The predicted octanol–water partition coefficient (Wildman–Crippen LogP) is -0.267. The molecule has 0 saturated carbocycles. The summed E-state index contributed by atoms with van der Waals surface area (Å²) in [5.74, 6) is 0. The number of nitrogens with one attached hydrogen (secondary N) is 1. The van der Waals surface area contributed by atoms with E-state index >= 15 is 0 Å². The minimum Gasteiger partial charge on any atom is -0.314 e. The van der Waals surface area contributed by atoms with E-state index in [0.29, 0.717) is 0 Å². The van der Waals surface area contributed by atoms with E-state index in [1.54, 1.807) is 0 Å². The van der Waals surface area contributed by atoms with Crippen molar-refractivity contribution in [3.8, 4) is 0 Å². The summed E-state index contributed by atoms with van der Waals surface area (Å²) in [5.41, 5.74) is -0.874. The van der Waals surface area contributed by atoms with Gasteiger partial charge in [-0.1, -0.05) is 0 Å². The fraction of sp³-hybridized carbons (Fsp3) is 0.200. The smallest absolute Gasteiger partial charge is 0.314 e. The summed E-state index contributed by atoms with van der Waals surface area (Å²) in [7, 11) is 0. The Morgan fingerprint density at radius 1 is 1.60 bits per heavy atom. The maximum atomic E-state index is 10.7. The molecule has 0 aromatic carbocycles. The van der Waals surface area contributed by atoms with Crippen LogP contribution in [-0.4, -0.2) is 9.55 Å². The van der Waals surface area contributed by atoms with Crippen LogP contribution in [-0.2, 0) is 6.00 Å². The molecule has 0 aliphatic rings. The lowest BCUT2D eigenvalue weighted by atomic mass is 10.6. The highest BCUT2D eigenvalue weighted by Gasteiger charge is 1.94. The minimum atomic E-state index is -0.484. The number of rotatable bonds is 1. The van der Waals surface area contributed by atoms with Crippen LogP contribution in [0.2, 0.25) is 0 Å². The van der Waals surface area contributed by atoms with Crippen molar-refractivity contribution in [1.29, 1.82) is 0 Å². The lowest BCUT2D eigenvalue weighted by Gasteiger charge is -1.93. The third-order valence-electron chi connectivity index (χ3n) is 1.06. The lowest BCUT2D eigenvalue weighted by Crippen LogP contribution is -2.32. The molecule has 0 spiro atoms. The number of aromatic amines is 1. The fourth-order valence-electron chi connectivity index (χ4n) is 0.565. The van der Waals surface area contributed by atoms with Crippen LogP contribution in [0.3, 0.4) is 0 Å². The Hall–Kier alpha value is -1.03. The molecular weight excluding hydrogens is 156 g/mol. The molecule has 0 bridgehead atoms. The van der Waals surface area contributed by atoms with Gasteiger partial charge in [0, 0.05) is 12.3 Å². The lowest BCUT2D eigenvalue weighted by molar-refractivity contribution is 0.754. The monoisotopic (exact) mass is 160 g/mol. The van der Waals surface area contributed by atoms with Gasteiger partial charge in [-0.05, 0) is 0 Å². The van der Waals surface area contributed by atoms with Crippen molar-refractivity contribution in [2.24, 2.45) is 0 Å². The van der Waals surface area contributed by atoms with Gasteiger partial charge in [-0.15, -0.1) is 11.6 Å². The van der Waals surface area contributed by atoms with Gasteiger partial charge in [0.1, 0.15) is 6.00 Å². The van der Waals surface area contributed by atoms with Crippen LogP contribution in [0.1, 0.15) is 0 Å². The summed E-state index contributed by atoms with van der Waals surface area (Å²) in [6.45, 7) is 0. The molecular formula is C5H5ClN2O2. The van der Waals surface area contributed by atoms with Gasteiger partial charge >= 0.3 is 5.69 Å². The normalized spacial score (nSPS) is 9.70. The highest BCUT2D eigenvalue weighted by Crippen LogP contribution is 1.74. The third kappa shape index (κ3) is 1.11. The molecule has 1 heterocycles. The van der Waals surface area contributed by atoms with E-state index in [4.69, 9.17) is 11.6 Å². The van der Waals surface area contributed by atoms with Gasteiger partial charge in [-0.3, -0.25) is 4.79 Å². The second kappa shape index (κ2) is 2.70. The van der Waals surface area contributed by atoms with Gasteiger partial charge in [0.05, 0.1) is 0 Å². The number of nitrogens with zero attached hydrogens (tertiary/aromatic N) is 1. The average molecular weight is 161 g/mol. The summed E-state index contributed by atoms with van der Waals surface area (Å²) in [6, 6.07) is 1.12. The van der Waals surface area contributed by atoms with Crippen molar-refractivity contribution < 1.29 is 0 Å². The van der Waals surface area contributed by atoms with Crippen molar-refractivity contribution in [2.45, 2.75) is 6.00 Å². The molecule has 1 N–H and O–H groups in total. The van der Waals surface area contributed by atoms with E-state index in [9.17, 15) is 9.59 Å². The molecule has 0 fully saturated rings. The second-order valence-electron chi connectivity index (χ2n) is 1.67. The summed E-state index contributed by atoms with van der Waals surface area (Å²) in [6.07, 6.45) is 1.29. The van der Waals surface area contributed by atoms with Crippen LogP contribution in [0, 0.1) is 0 Å². The largest absolute Gasteiger partial charge is 0.329 e. The fourth-order valence-corrected chi connectivity index (χ4v) is 0.792. The Morgan fingerprint density at radius 3 is 2.70 bits per heavy atom. The second-order valence-corrected chi connectivity index (χ2v) is 1.91. The van der Waals surface area contributed by atoms with E-state index in [1.165, 1.54) is 12.3 Å². The Bertz CT molecular complexity index is 299. The van der Waals surface area contributed by atoms with E-state index in [-0.39, 0.29) is 6.00 Å². The molecule has 1 rings (SSSR count). The molecule has 0 aliphatic carbocycles. The first-order chi connectivity index (χ1) is 4.75. The molecule has 0 aliphatic heterocycles. The molecule has 0 radical (unpaired) electrons. The Morgan fingerprint density at radius 2 is 2.30 bits per heavy atom. The zero-order chi connectivity index (χ0) is 7.56. The first-order valence-corrected chi connectivity index (χ1v) is 3.13. The SMILES string of the molecule is O=c1cc[nH]c(=O)n1CCl. The topological polar surface area (TPSA) is 54.9 Å². The molecule has 0 saturated heterocycles. The van der Waals surface area contributed by atoms with Crippen molar-refractivity contribution in [3.05, 3.63) is 33.1 Å². The number of halogens is 1. The molecule has 54 valence electrons. The van der Waals surface area contributed by atoms with Crippen LogP contribution >= 0.6 is 11.6 Å². The highest BCUT2D eigenvalue weighted by atomic mass is 35.5. The van der Waals surface area contributed by atoms with Gasteiger partial charge in [0.25, 0.3) is 5.56 Å². The zero-order valence-corrected chi connectivity index (χ0v) is 5.76. The van der Waals surface area contributed by atoms with Crippen molar-refractivity contribution in [3.63, 3.8) is 0 Å². The quantitative estimate of drug-likeness (QED) is 0.576. The van der Waals surface area contributed by atoms with E-state index < -0.39 is 11.2 Å². The predicted molar refractivity (Wildman–Crippen MR) is 37.2 cm³/mol. The van der Waals surface area contributed by atoms with Crippen LogP contribution in [0.15, 0.2) is 21.9 Å². The number of aromatic nitrogens is 2. The standard InChI is InChI=1S/C5H5ClN2O2/c6-3-8-4(9)1-2-7-5(8)10/h1-2H,3H2,(H,7,10). The molecule has 1 aromatic rings. The molecule has 0 unspecified atom stereocenters. The molecule has 1 aromatic heterocycles. The number of alkyl halides is 1. The van der Waals surface area contributed by atoms with Gasteiger partial charge < -0.3 is 4.98 Å². The Labute approximate surface area is 61.1 Å². The van der Waals surface area contributed by atoms with Crippen molar-refractivity contribution in [2.75, 3.05) is 0 Å². The van der Waals surface area contributed by atoms with E-state index in [1.807, 2.05) is 0 Å². The number of hydrogen-bond donors (Lipinski definition) is 1. The molecule has 0 atom stereocenters. The van der Waals surface area contributed by atoms with Gasteiger partial charge in [-0.2, -0.15) is 0 Å². The number of hydrogen-bond acceptors (Lipinski definition) is 2. The summed E-state index contributed by atoms with van der Waals surface area (Å²) >= 11 is 5.28. The average Bonchev–Trinajstić information content (AvgIpc) is 1.88. The summed E-state index contributed by atoms with van der Waals surface area (Å²) in [4.78, 5) is 23.7. The van der Waals surface area contributed by atoms with E-state index in [2.05, 4.69) is 4.98 Å². The summed E-state index contributed by atoms with van der Waals surface area (Å²) in [5, 5.41) is 0.